The summed E-state index contributed by atoms with van der Waals surface area (Å²) in [4.78, 5) is 0. The second-order valence-corrected chi connectivity index (χ2v) is 4.49. The van der Waals surface area contributed by atoms with Gasteiger partial charge in [0.25, 0.3) is 0 Å². The SMILES string of the molecule is Fc1ccc2c(c1)OCSN2c1ccccc1. The van der Waals surface area contributed by atoms with Gasteiger partial charge in [0.05, 0.1) is 11.4 Å². The number of rotatable bonds is 1. The van der Waals surface area contributed by atoms with Gasteiger partial charge in [0.15, 0.2) is 5.94 Å². The van der Waals surface area contributed by atoms with E-state index >= 15 is 0 Å². The Kier molecular flexibility index (Phi) is 2.65. The molecule has 0 bridgehead atoms. The fraction of sp³-hybridized carbons (Fsp3) is 0.0769. The molecule has 0 unspecified atom stereocenters. The first kappa shape index (κ1) is 10.5. The third-order valence-corrected chi connectivity index (χ3v) is 3.42. The van der Waals surface area contributed by atoms with Crippen molar-refractivity contribution in [3.63, 3.8) is 0 Å². The Morgan fingerprint density at radius 3 is 2.76 bits per heavy atom. The van der Waals surface area contributed by atoms with Crippen LogP contribution in [0.15, 0.2) is 48.5 Å². The highest BCUT2D eigenvalue weighted by Gasteiger charge is 2.20. The van der Waals surface area contributed by atoms with Crippen LogP contribution in [0.25, 0.3) is 0 Å². The van der Waals surface area contributed by atoms with Crippen molar-refractivity contribution in [2.45, 2.75) is 0 Å². The summed E-state index contributed by atoms with van der Waals surface area (Å²) in [6.07, 6.45) is 0. The van der Waals surface area contributed by atoms with Crippen molar-refractivity contribution in [1.29, 1.82) is 0 Å². The number of halogens is 1. The van der Waals surface area contributed by atoms with E-state index in [0.29, 0.717) is 11.7 Å². The number of para-hydroxylation sites is 1. The number of benzene rings is 2. The maximum Gasteiger partial charge on any atom is 0.153 e. The van der Waals surface area contributed by atoms with Gasteiger partial charge in [-0.05, 0) is 36.2 Å². The van der Waals surface area contributed by atoms with Gasteiger partial charge in [-0.15, -0.1) is 0 Å². The summed E-state index contributed by atoms with van der Waals surface area (Å²) in [5.74, 6) is 0.807. The van der Waals surface area contributed by atoms with Gasteiger partial charge >= 0.3 is 0 Å². The van der Waals surface area contributed by atoms with Crippen LogP contribution in [0.2, 0.25) is 0 Å². The first-order chi connectivity index (χ1) is 8.34. The van der Waals surface area contributed by atoms with Crippen molar-refractivity contribution in [3.8, 4) is 5.75 Å². The maximum atomic E-state index is 13.1. The molecule has 0 aromatic heterocycles. The standard InChI is InChI=1S/C13H10FNOS/c14-10-6-7-12-13(8-10)16-9-17-15(12)11-4-2-1-3-5-11/h1-8H,9H2. The number of fused-ring (bicyclic) bond motifs is 1. The topological polar surface area (TPSA) is 12.5 Å². The zero-order chi connectivity index (χ0) is 11.7. The van der Waals surface area contributed by atoms with E-state index < -0.39 is 0 Å². The van der Waals surface area contributed by atoms with E-state index in [1.807, 2.05) is 30.3 Å². The van der Waals surface area contributed by atoms with Gasteiger partial charge in [-0.2, -0.15) is 0 Å². The number of anilines is 2. The summed E-state index contributed by atoms with van der Waals surface area (Å²) in [5, 5.41) is 0. The molecule has 4 heteroatoms. The maximum absolute atomic E-state index is 13.1. The Bertz CT molecular complexity index is 532. The first-order valence-corrected chi connectivity index (χ1v) is 6.19. The smallest absolute Gasteiger partial charge is 0.153 e. The van der Waals surface area contributed by atoms with E-state index in [0.717, 1.165) is 11.4 Å². The molecule has 0 radical (unpaired) electrons. The van der Waals surface area contributed by atoms with Crippen molar-refractivity contribution in [2.75, 3.05) is 10.2 Å². The molecule has 86 valence electrons. The van der Waals surface area contributed by atoms with Crippen LogP contribution in [0.5, 0.6) is 5.75 Å². The van der Waals surface area contributed by atoms with Crippen LogP contribution in [0.1, 0.15) is 0 Å². The predicted octanol–water partition coefficient (Wildman–Crippen LogP) is 3.96. The molecule has 0 saturated heterocycles. The zero-order valence-corrected chi connectivity index (χ0v) is 9.78. The van der Waals surface area contributed by atoms with E-state index in [-0.39, 0.29) is 5.82 Å². The second-order valence-electron chi connectivity index (χ2n) is 3.63. The van der Waals surface area contributed by atoms with Gasteiger partial charge in [-0.1, -0.05) is 18.2 Å². The van der Waals surface area contributed by atoms with Gasteiger partial charge in [0, 0.05) is 6.07 Å². The zero-order valence-electron chi connectivity index (χ0n) is 8.97. The average Bonchev–Trinajstić information content (AvgIpc) is 2.39. The third kappa shape index (κ3) is 1.96. The number of nitrogens with zero attached hydrogens (tertiary/aromatic N) is 1. The van der Waals surface area contributed by atoms with Crippen molar-refractivity contribution in [3.05, 3.63) is 54.3 Å². The molecule has 3 rings (SSSR count). The molecule has 0 N–H and O–H groups in total. The van der Waals surface area contributed by atoms with Crippen molar-refractivity contribution >= 4 is 23.3 Å². The molecule has 0 saturated carbocycles. The highest BCUT2D eigenvalue weighted by Crippen LogP contribution is 2.42. The summed E-state index contributed by atoms with van der Waals surface area (Å²) < 4.78 is 20.6. The van der Waals surface area contributed by atoms with Gasteiger partial charge < -0.3 is 4.74 Å². The summed E-state index contributed by atoms with van der Waals surface area (Å²) in [5.41, 5.74) is 1.95. The molecule has 2 nitrogen and oxygen atoms in total. The lowest BCUT2D eigenvalue weighted by Crippen LogP contribution is -2.16. The van der Waals surface area contributed by atoms with Crippen molar-refractivity contribution in [1.82, 2.24) is 0 Å². The van der Waals surface area contributed by atoms with Gasteiger partial charge in [-0.25, -0.2) is 4.39 Å². The molecule has 2 aromatic carbocycles. The molecule has 0 aliphatic carbocycles. The minimum absolute atomic E-state index is 0.274. The Morgan fingerprint density at radius 2 is 1.94 bits per heavy atom. The molecule has 0 fully saturated rings. The average molecular weight is 247 g/mol. The van der Waals surface area contributed by atoms with Crippen LogP contribution < -0.4 is 9.04 Å². The van der Waals surface area contributed by atoms with Crippen LogP contribution in [-0.4, -0.2) is 5.94 Å². The lowest BCUT2D eigenvalue weighted by Gasteiger charge is -2.29. The summed E-state index contributed by atoms with van der Waals surface area (Å²) in [7, 11) is 0. The third-order valence-electron chi connectivity index (χ3n) is 2.53. The summed E-state index contributed by atoms with van der Waals surface area (Å²) in [6, 6.07) is 14.6. The minimum atomic E-state index is -0.274. The van der Waals surface area contributed by atoms with E-state index in [1.165, 1.54) is 12.1 Å². The van der Waals surface area contributed by atoms with Gasteiger partial charge in [0.1, 0.15) is 11.6 Å². The van der Waals surface area contributed by atoms with E-state index in [2.05, 4.69) is 4.31 Å². The highest BCUT2D eigenvalue weighted by atomic mass is 32.2. The molecule has 1 heterocycles. The fourth-order valence-electron chi connectivity index (χ4n) is 1.76. The van der Waals surface area contributed by atoms with Crippen LogP contribution in [0.4, 0.5) is 15.8 Å². The molecule has 17 heavy (non-hydrogen) atoms. The largest absolute Gasteiger partial charge is 0.479 e. The number of hydrogen-bond acceptors (Lipinski definition) is 3. The fourth-order valence-corrected chi connectivity index (χ4v) is 2.61. The molecular formula is C13H10FNOS. The first-order valence-electron chi connectivity index (χ1n) is 5.25. The summed E-state index contributed by atoms with van der Waals surface area (Å²) in [6.45, 7) is 0. The van der Waals surface area contributed by atoms with Crippen LogP contribution in [-0.2, 0) is 0 Å². The van der Waals surface area contributed by atoms with Crippen LogP contribution in [0, 0.1) is 5.82 Å². The highest BCUT2D eigenvalue weighted by molar-refractivity contribution is 8.00. The molecule has 0 spiro atoms. The summed E-state index contributed by atoms with van der Waals surface area (Å²) >= 11 is 1.55. The molecular weight excluding hydrogens is 237 g/mol. The Hall–Kier alpha value is -1.68. The normalized spacial score (nSPS) is 14.1. The Labute approximate surface area is 103 Å². The van der Waals surface area contributed by atoms with E-state index in [1.54, 1.807) is 18.0 Å². The van der Waals surface area contributed by atoms with Gasteiger partial charge in [0.2, 0.25) is 0 Å². The monoisotopic (exact) mass is 247 g/mol. The molecule has 0 amide bonds. The molecule has 1 aliphatic rings. The van der Waals surface area contributed by atoms with E-state index in [9.17, 15) is 4.39 Å². The Balaban J connectivity index is 2.06. The Morgan fingerprint density at radius 1 is 1.12 bits per heavy atom. The lowest BCUT2D eigenvalue weighted by atomic mass is 10.2. The molecule has 1 aliphatic heterocycles. The van der Waals surface area contributed by atoms with Crippen molar-refractivity contribution < 1.29 is 9.13 Å². The second kappa shape index (κ2) is 4.30. The quantitative estimate of drug-likeness (QED) is 0.708. The van der Waals surface area contributed by atoms with E-state index in [4.69, 9.17) is 4.74 Å². The molecule has 2 aromatic rings. The van der Waals surface area contributed by atoms with Crippen molar-refractivity contribution in [2.24, 2.45) is 0 Å². The number of ether oxygens (including phenoxy) is 1. The minimum Gasteiger partial charge on any atom is -0.479 e. The van der Waals surface area contributed by atoms with Crippen LogP contribution >= 0.6 is 11.9 Å². The van der Waals surface area contributed by atoms with Gasteiger partial charge in [-0.3, -0.25) is 4.31 Å². The lowest BCUT2D eigenvalue weighted by molar-refractivity contribution is 0.387. The van der Waals surface area contributed by atoms with Crippen LogP contribution in [0.3, 0.4) is 0 Å². The molecule has 0 atom stereocenters. The predicted molar refractivity (Wildman–Crippen MR) is 68.1 cm³/mol. The number of hydrogen-bond donors (Lipinski definition) is 0.